The molecule has 5 heteroatoms. The van der Waals surface area contributed by atoms with E-state index in [0.717, 1.165) is 35.9 Å². The fourth-order valence-corrected chi connectivity index (χ4v) is 2.86. The third-order valence-corrected chi connectivity index (χ3v) is 3.89. The van der Waals surface area contributed by atoms with Crippen LogP contribution in [0.15, 0.2) is 12.1 Å². The van der Waals surface area contributed by atoms with Crippen LogP contribution in [0.2, 0.25) is 0 Å². The number of hydrogen-bond acceptors (Lipinski definition) is 5. The highest BCUT2D eigenvalue weighted by Crippen LogP contribution is 2.40. The highest BCUT2D eigenvalue weighted by Gasteiger charge is 2.28. The zero-order valence-electron chi connectivity index (χ0n) is 12.5. The minimum atomic E-state index is 0.119. The maximum Gasteiger partial charge on any atom is 0.131 e. The van der Waals surface area contributed by atoms with E-state index in [4.69, 9.17) is 19.9 Å². The topological polar surface area (TPSA) is 57.0 Å². The normalized spacial score (nSPS) is 17.0. The molecule has 2 rings (SSSR count). The third kappa shape index (κ3) is 2.83. The van der Waals surface area contributed by atoms with E-state index in [-0.39, 0.29) is 6.04 Å². The van der Waals surface area contributed by atoms with Crippen LogP contribution < -0.4 is 19.9 Å². The van der Waals surface area contributed by atoms with Crippen molar-refractivity contribution < 1.29 is 14.2 Å². The van der Waals surface area contributed by atoms with Crippen LogP contribution >= 0.6 is 0 Å². The fourth-order valence-electron chi connectivity index (χ4n) is 2.86. The molecule has 0 aliphatic carbocycles. The number of nitrogens with two attached hydrogens (primary N) is 1. The quantitative estimate of drug-likeness (QED) is 0.861. The van der Waals surface area contributed by atoms with Gasteiger partial charge in [-0.1, -0.05) is 0 Å². The SMILES string of the molecule is COc1cc(OC)c(C(CN)N2CCCC2)c(OC)c1. The Balaban J connectivity index is 2.45. The average Bonchev–Trinajstić information content (AvgIpc) is 3.01. The summed E-state index contributed by atoms with van der Waals surface area (Å²) in [6, 6.07) is 3.89. The molecule has 1 aromatic carbocycles. The van der Waals surface area contributed by atoms with Crippen molar-refractivity contribution in [2.24, 2.45) is 5.73 Å². The van der Waals surface area contributed by atoms with Crippen molar-refractivity contribution in [2.75, 3.05) is 41.0 Å². The van der Waals surface area contributed by atoms with E-state index in [1.54, 1.807) is 21.3 Å². The van der Waals surface area contributed by atoms with Gasteiger partial charge in [-0.3, -0.25) is 4.90 Å². The molecule has 112 valence electrons. The Bertz CT molecular complexity index is 420. The number of nitrogens with zero attached hydrogens (tertiary/aromatic N) is 1. The number of hydrogen-bond donors (Lipinski definition) is 1. The van der Waals surface area contributed by atoms with Crippen molar-refractivity contribution >= 4 is 0 Å². The average molecular weight is 280 g/mol. The van der Waals surface area contributed by atoms with Crippen LogP contribution in [0, 0.1) is 0 Å². The number of benzene rings is 1. The molecule has 1 heterocycles. The van der Waals surface area contributed by atoms with Crippen molar-refractivity contribution in [3.8, 4) is 17.2 Å². The summed E-state index contributed by atoms with van der Waals surface area (Å²) in [4.78, 5) is 2.40. The Labute approximate surface area is 120 Å². The molecule has 1 fully saturated rings. The van der Waals surface area contributed by atoms with Crippen LogP contribution in [-0.4, -0.2) is 45.9 Å². The van der Waals surface area contributed by atoms with Crippen molar-refractivity contribution in [3.63, 3.8) is 0 Å². The molecule has 0 aromatic heterocycles. The monoisotopic (exact) mass is 280 g/mol. The van der Waals surface area contributed by atoms with Crippen LogP contribution in [0.5, 0.6) is 17.2 Å². The summed E-state index contributed by atoms with van der Waals surface area (Å²) >= 11 is 0. The van der Waals surface area contributed by atoms with E-state index in [1.807, 2.05) is 12.1 Å². The molecule has 0 saturated carbocycles. The van der Waals surface area contributed by atoms with Crippen LogP contribution in [0.3, 0.4) is 0 Å². The van der Waals surface area contributed by atoms with Crippen LogP contribution in [0.25, 0.3) is 0 Å². The lowest BCUT2D eigenvalue weighted by atomic mass is 10.0. The number of rotatable bonds is 6. The summed E-state index contributed by atoms with van der Waals surface area (Å²) in [6.45, 7) is 2.68. The molecule has 0 spiro atoms. The van der Waals surface area contributed by atoms with Crippen LogP contribution in [0.1, 0.15) is 24.4 Å². The van der Waals surface area contributed by atoms with Gasteiger partial charge < -0.3 is 19.9 Å². The molecule has 2 N–H and O–H groups in total. The summed E-state index contributed by atoms with van der Waals surface area (Å²) in [5, 5.41) is 0. The smallest absolute Gasteiger partial charge is 0.131 e. The molecule has 1 saturated heterocycles. The first-order valence-corrected chi connectivity index (χ1v) is 6.99. The second kappa shape index (κ2) is 6.81. The van der Waals surface area contributed by atoms with E-state index in [0.29, 0.717) is 6.54 Å². The van der Waals surface area contributed by atoms with Crippen molar-refractivity contribution in [2.45, 2.75) is 18.9 Å². The highest BCUT2D eigenvalue weighted by molar-refractivity contribution is 5.52. The summed E-state index contributed by atoms with van der Waals surface area (Å²) in [7, 11) is 4.96. The fraction of sp³-hybridized carbons (Fsp3) is 0.600. The number of ether oxygens (including phenoxy) is 3. The van der Waals surface area contributed by atoms with E-state index < -0.39 is 0 Å². The van der Waals surface area contributed by atoms with Gasteiger partial charge in [-0.05, 0) is 25.9 Å². The van der Waals surface area contributed by atoms with E-state index in [2.05, 4.69) is 4.90 Å². The highest BCUT2D eigenvalue weighted by atomic mass is 16.5. The first kappa shape index (κ1) is 14.9. The second-order valence-corrected chi connectivity index (χ2v) is 4.94. The Hall–Kier alpha value is -1.46. The molecule has 1 aromatic rings. The lowest BCUT2D eigenvalue weighted by molar-refractivity contribution is 0.237. The number of methoxy groups -OCH3 is 3. The van der Waals surface area contributed by atoms with Gasteiger partial charge in [0.25, 0.3) is 0 Å². The second-order valence-electron chi connectivity index (χ2n) is 4.94. The summed E-state index contributed by atoms with van der Waals surface area (Å²) in [5.41, 5.74) is 7.03. The molecule has 0 bridgehead atoms. The molecule has 1 aliphatic heterocycles. The Morgan fingerprint density at radius 1 is 1.05 bits per heavy atom. The molecule has 0 amide bonds. The summed E-state index contributed by atoms with van der Waals surface area (Å²) in [5.74, 6) is 2.26. The Morgan fingerprint density at radius 3 is 2.00 bits per heavy atom. The van der Waals surface area contributed by atoms with Gasteiger partial charge in [-0.15, -0.1) is 0 Å². The standard InChI is InChI=1S/C15H24N2O3/c1-18-11-8-13(19-2)15(14(9-11)20-3)12(10-16)17-6-4-5-7-17/h8-9,12H,4-7,10,16H2,1-3H3. The molecule has 1 aliphatic rings. The van der Waals surface area contributed by atoms with Gasteiger partial charge in [-0.25, -0.2) is 0 Å². The summed E-state index contributed by atoms with van der Waals surface area (Å²) in [6.07, 6.45) is 2.44. The third-order valence-electron chi connectivity index (χ3n) is 3.89. The van der Waals surface area contributed by atoms with Gasteiger partial charge in [0.2, 0.25) is 0 Å². The van der Waals surface area contributed by atoms with Gasteiger partial charge in [0, 0.05) is 18.7 Å². The molecule has 1 atom stereocenters. The van der Waals surface area contributed by atoms with E-state index in [1.165, 1.54) is 12.8 Å². The van der Waals surface area contributed by atoms with Gasteiger partial charge in [0.05, 0.1) is 32.9 Å². The summed E-state index contributed by atoms with van der Waals surface area (Å²) < 4.78 is 16.3. The molecular weight excluding hydrogens is 256 g/mol. The molecular formula is C15H24N2O3. The zero-order valence-corrected chi connectivity index (χ0v) is 12.5. The van der Waals surface area contributed by atoms with Gasteiger partial charge >= 0.3 is 0 Å². The lowest BCUT2D eigenvalue weighted by Gasteiger charge is -2.29. The maximum atomic E-state index is 6.02. The van der Waals surface area contributed by atoms with Gasteiger partial charge in [-0.2, -0.15) is 0 Å². The van der Waals surface area contributed by atoms with E-state index in [9.17, 15) is 0 Å². The molecule has 1 unspecified atom stereocenters. The van der Waals surface area contributed by atoms with Gasteiger partial charge in [0.15, 0.2) is 0 Å². The van der Waals surface area contributed by atoms with Gasteiger partial charge in [0.1, 0.15) is 17.2 Å². The Kier molecular flexibility index (Phi) is 5.09. The van der Waals surface area contributed by atoms with Crippen LogP contribution in [-0.2, 0) is 0 Å². The molecule has 20 heavy (non-hydrogen) atoms. The Morgan fingerprint density at radius 2 is 1.60 bits per heavy atom. The minimum Gasteiger partial charge on any atom is -0.496 e. The van der Waals surface area contributed by atoms with Crippen molar-refractivity contribution in [3.05, 3.63) is 17.7 Å². The largest absolute Gasteiger partial charge is 0.496 e. The predicted octanol–water partition coefficient (Wildman–Crippen LogP) is 1.81. The first-order valence-electron chi connectivity index (χ1n) is 6.99. The molecule has 0 radical (unpaired) electrons. The van der Waals surface area contributed by atoms with Crippen molar-refractivity contribution in [1.29, 1.82) is 0 Å². The predicted molar refractivity (Wildman–Crippen MR) is 78.7 cm³/mol. The molecule has 5 nitrogen and oxygen atoms in total. The lowest BCUT2D eigenvalue weighted by Crippen LogP contribution is -2.32. The first-order chi connectivity index (χ1) is 9.74. The van der Waals surface area contributed by atoms with E-state index >= 15 is 0 Å². The zero-order chi connectivity index (χ0) is 14.5. The number of likely N-dealkylation sites (tertiary alicyclic amines) is 1. The van der Waals surface area contributed by atoms with Crippen molar-refractivity contribution in [1.82, 2.24) is 4.90 Å². The van der Waals surface area contributed by atoms with Crippen LogP contribution in [0.4, 0.5) is 0 Å². The minimum absolute atomic E-state index is 0.119. The maximum absolute atomic E-state index is 6.02.